The molecule has 0 saturated carbocycles. The molecule has 2 N–H and O–H groups in total. The van der Waals surface area contributed by atoms with Crippen LogP contribution in [0.1, 0.15) is 23.1 Å². The van der Waals surface area contributed by atoms with Crippen molar-refractivity contribution in [1.29, 1.82) is 0 Å². The van der Waals surface area contributed by atoms with Crippen LogP contribution in [-0.4, -0.2) is 21.0 Å². The molecule has 1 aromatic heterocycles. The number of aromatic amines is 1. The summed E-state index contributed by atoms with van der Waals surface area (Å²) in [6, 6.07) is 13.7. The molecule has 0 unspecified atom stereocenters. The van der Waals surface area contributed by atoms with Crippen LogP contribution in [-0.2, 0) is 6.42 Å². The van der Waals surface area contributed by atoms with Gasteiger partial charge in [0.2, 0.25) is 0 Å². The predicted molar refractivity (Wildman–Crippen MR) is 90.2 cm³/mol. The van der Waals surface area contributed by atoms with Crippen molar-refractivity contribution in [2.75, 3.05) is 0 Å². The average molecular weight is 331 g/mol. The molecule has 0 bridgehead atoms. The van der Waals surface area contributed by atoms with Gasteiger partial charge in [-0.25, -0.2) is 9.78 Å². The second-order valence-corrected chi connectivity index (χ2v) is 5.14. The summed E-state index contributed by atoms with van der Waals surface area (Å²) < 4.78 is 0. The number of hydrogen-bond donors (Lipinski definition) is 2. The van der Waals surface area contributed by atoms with E-state index in [0.29, 0.717) is 23.1 Å². The molecule has 0 aliphatic carbocycles. The number of H-pyrrole nitrogens is 1. The molecule has 1 heterocycles. The van der Waals surface area contributed by atoms with Crippen LogP contribution in [0.25, 0.3) is 10.9 Å². The minimum Gasteiger partial charge on any atom is -0.478 e. The molecule has 5 nitrogen and oxygen atoms in total. The lowest BCUT2D eigenvalue weighted by Crippen LogP contribution is -2.11. The zero-order valence-electron chi connectivity index (χ0n) is 12.4. The summed E-state index contributed by atoms with van der Waals surface area (Å²) in [6.07, 6.45) is 0.600. The smallest absolute Gasteiger partial charge is 0.335 e. The van der Waals surface area contributed by atoms with Gasteiger partial charge in [0.05, 0.1) is 16.5 Å². The monoisotopic (exact) mass is 330 g/mol. The van der Waals surface area contributed by atoms with Gasteiger partial charge < -0.3 is 10.1 Å². The standard InChI is InChI=1S/C11H10N2O3.C6H5Cl/c1-2-9-12-8-5-6(11(15)16)3-4-7(8)10(14)13-9;7-6-4-2-1-3-5-6/h3-5H,2H2,1H3,(H,15,16)(H,12,13,14);1-5H. The normalized spacial score (nSPS) is 10.0. The third-order valence-electron chi connectivity index (χ3n) is 3.07. The lowest BCUT2D eigenvalue weighted by Gasteiger charge is -2.01. The molecule has 0 fully saturated rings. The quantitative estimate of drug-likeness (QED) is 0.753. The summed E-state index contributed by atoms with van der Waals surface area (Å²) >= 11 is 5.54. The minimum absolute atomic E-state index is 0.132. The summed E-state index contributed by atoms with van der Waals surface area (Å²) in [4.78, 5) is 29.2. The Balaban J connectivity index is 0.000000229. The molecule has 2 aromatic carbocycles. The molecular formula is C17H15ClN2O3. The van der Waals surface area contributed by atoms with E-state index in [1.165, 1.54) is 18.2 Å². The van der Waals surface area contributed by atoms with E-state index in [9.17, 15) is 9.59 Å². The van der Waals surface area contributed by atoms with Crippen molar-refractivity contribution in [3.8, 4) is 0 Å². The van der Waals surface area contributed by atoms with Crippen LogP contribution in [0.5, 0.6) is 0 Å². The van der Waals surface area contributed by atoms with Gasteiger partial charge in [-0.1, -0.05) is 36.7 Å². The third kappa shape index (κ3) is 4.40. The van der Waals surface area contributed by atoms with Crippen molar-refractivity contribution in [3.05, 3.63) is 75.3 Å². The fourth-order valence-corrected chi connectivity index (χ4v) is 2.05. The summed E-state index contributed by atoms with van der Waals surface area (Å²) in [5.74, 6) is -0.470. The lowest BCUT2D eigenvalue weighted by atomic mass is 10.1. The molecule has 0 aliphatic heterocycles. The zero-order chi connectivity index (χ0) is 16.8. The zero-order valence-corrected chi connectivity index (χ0v) is 13.2. The van der Waals surface area contributed by atoms with Crippen molar-refractivity contribution in [2.24, 2.45) is 0 Å². The SMILES string of the molecule is CCc1nc2cc(C(=O)O)ccc2c(=O)[nH]1.Clc1ccccc1. The molecule has 3 aromatic rings. The number of rotatable bonds is 2. The van der Waals surface area contributed by atoms with Gasteiger partial charge in [-0.05, 0) is 30.3 Å². The van der Waals surface area contributed by atoms with Crippen molar-refractivity contribution < 1.29 is 9.90 Å². The van der Waals surface area contributed by atoms with Gasteiger partial charge in [-0.3, -0.25) is 4.79 Å². The van der Waals surface area contributed by atoms with Crippen molar-refractivity contribution in [1.82, 2.24) is 9.97 Å². The number of carboxylic acids is 1. The highest BCUT2D eigenvalue weighted by atomic mass is 35.5. The van der Waals surface area contributed by atoms with Gasteiger partial charge >= 0.3 is 5.97 Å². The van der Waals surface area contributed by atoms with E-state index in [4.69, 9.17) is 16.7 Å². The maximum atomic E-state index is 11.6. The minimum atomic E-state index is -1.03. The Morgan fingerprint density at radius 1 is 1.22 bits per heavy atom. The van der Waals surface area contributed by atoms with Gasteiger partial charge in [0.15, 0.2) is 0 Å². The number of benzene rings is 2. The van der Waals surface area contributed by atoms with Crippen molar-refractivity contribution >= 4 is 28.5 Å². The first-order valence-electron chi connectivity index (χ1n) is 6.98. The molecule has 0 aliphatic rings. The number of hydrogen-bond acceptors (Lipinski definition) is 3. The summed E-state index contributed by atoms with van der Waals surface area (Å²) in [6.45, 7) is 1.87. The number of carboxylic acid groups (broad SMARTS) is 1. The molecule has 0 saturated heterocycles. The Bertz CT molecular complexity index is 876. The Kier molecular flexibility index (Phi) is 5.49. The van der Waals surface area contributed by atoms with Gasteiger partial charge in [0.25, 0.3) is 5.56 Å². The number of fused-ring (bicyclic) bond motifs is 1. The molecule has 0 amide bonds. The molecule has 6 heteroatoms. The Morgan fingerprint density at radius 2 is 1.91 bits per heavy atom. The second kappa shape index (κ2) is 7.56. The average Bonchev–Trinajstić information content (AvgIpc) is 2.55. The summed E-state index contributed by atoms with van der Waals surface area (Å²) in [5, 5.41) is 10.0. The van der Waals surface area contributed by atoms with Crippen molar-refractivity contribution in [2.45, 2.75) is 13.3 Å². The van der Waals surface area contributed by atoms with Crippen molar-refractivity contribution in [3.63, 3.8) is 0 Å². The van der Waals surface area contributed by atoms with Gasteiger partial charge in [0, 0.05) is 11.4 Å². The number of nitrogens with one attached hydrogen (secondary N) is 1. The Hall–Kier alpha value is -2.66. The number of halogens is 1. The number of aryl methyl sites for hydroxylation is 1. The predicted octanol–water partition coefficient (Wildman–Crippen LogP) is 3.52. The first kappa shape index (κ1) is 16.7. The highest BCUT2D eigenvalue weighted by Gasteiger charge is 2.07. The van der Waals surface area contributed by atoms with E-state index in [2.05, 4.69) is 9.97 Å². The highest BCUT2D eigenvalue weighted by Crippen LogP contribution is 2.10. The first-order chi connectivity index (χ1) is 11.0. The van der Waals surface area contributed by atoms with Gasteiger partial charge in [0.1, 0.15) is 5.82 Å². The van der Waals surface area contributed by atoms with E-state index >= 15 is 0 Å². The van der Waals surface area contributed by atoms with Gasteiger partial charge in [-0.2, -0.15) is 0 Å². The fraction of sp³-hybridized carbons (Fsp3) is 0.118. The fourth-order valence-electron chi connectivity index (χ4n) is 1.90. The Labute approximate surface area is 137 Å². The van der Waals surface area contributed by atoms with Crippen LogP contribution in [0.3, 0.4) is 0 Å². The van der Waals surface area contributed by atoms with E-state index in [0.717, 1.165) is 5.02 Å². The molecule has 3 rings (SSSR count). The van der Waals surface area contributed by atoms with Crippen LogP contribution >= 0.6 is 11.6 Å². The maximum Gasteiger partial charge on any atom is 0.335 e. The molecule has 0 atom stereocenters. The van der Waals surface area contributed by atoms with E-state index in [1.54, 1.807) is 0 Å². The molecule has 23 heavy (non-hydrogen) atoms. The van der Waals surface area contributed by atoms with Crippen LogP contribution in [0, 0.1) is 0 Å². The number of carbonyl (C=O) groups is 1. The van der Waals surface area contributed by atoms with E-state index in [-0.39, 0.29) is 11.1 Å². The first-order valence-corrected chi connectivity index (χ1v) is 7.36. The maximum absolute atomic E-state index is 11.6. The van der Waals surface area contributed by atoms with E-state index < -0.39 is 5.97 Å². The van der Waals surface area contributed by atoms with Crippen LogP contribution < -0.4 is 5.56 Å². The number of nitrogens with zero attached hydrogens (tertiary/aromatic N) is 1. The number of aromatic nitrogens is 2. The Morgan fingerprint density at radius 3 is 2.43 bits per heavy atom. The third-order valence-corrected chi connectivity index (χ3v) is 3.32. The van der Waals surface area contributed by atoms with Crippen LogP contribution in [0.4, 0.5) is 0 Å². The summed E-state index contributed by atoms with van der Waals surface area (Å²) in [5.41, 5.74) is 0.312. The molecule has 0 spiro atoms. The van der Waals surface area contributed by atoms with E-state index in [1.807, 2.05) is 37.3 Å². The van der Waals surface area contributed by atoms with Crippen LogP contribution in [0.2, 0.25) is 5.02 Å². The topological polar surface area (TPSA) is 83.0 Å². The largest absolute Gasteiger partial charge is 0.478 e. The van der Waals surface area contributed by atoms with Gasteiger partial charge in [-0.15, -0.1) is 0 Å². The second-order valence-electron chi connectivity index (χ2n) is 4.70. The molecular weight excluding hydrogens is 316 g/mol. The lowest BCUT2D eigenvalue weighted by molar-refractivity contribution is 0.0697. The van der Waals surface area contributed by atoms with Crippen LogP contribution in [0.15, 0.2) is 53.3 Å². The number of aromatic carboxylic acids is 1. The summed E-state index contributed by atoms with van der Waals surface area (Å²) in [7, 11) is 0. The molecule has 118 valence electrons. The molecule has 0 radical (unpaired) electrons. The highest BCUT2D eigenvalue weighted by molar-refractivity contribution is 6.30.